The van der Waals surface area contributed by atoms with Crippen molar-refractivity contribution in [3.8, 4) is 0 Å². The van der Waals surface area contributed by atoms with E-state index in [2.05, 4.69) is 10.6 Å². The van der Waals surface area contributed by atoms with Gasteiger partial charge in [-0.2, -0.15) is 0 Å². The van der Waals surface area contributed by atoms with E-state index < -0.39 is 0 Å². The summed E-state index contributed by atoms with van der Waals surface area (Å²) >= 11 is 0. The van der Waals surface area contributed by atoms with Crippen molar-refractivity contribution in [3.63, 3.8) is 0 Å². The first-order chi connectivity index (χ1) is 7.13. The van der Waals surface area contributed by atoms with Crippen LogP contribution >= 0.6 is 0 Å². The third kappa shape index (κ3) is 3.72. The van der Waals surface area contributed by atoms with Crippen molar-refractivity contribution in [2.24, 2.45) is 0 Å². The lowest BCUT2D eigenvalue weighted by Crippen LogP contribution is -2.37. The molecule has 0 aliphatic carbocycles. The molecule has 3 nitrogen and oxygen atoms in total. The van der Waals surface area contributed by atoms with Crippen molar-refractivity contribution in [1.82, 2.24) is 10.6 Å². The Balaban J connectivity index is 2.50. The van der Waals surface area contributed by atoms with Crippen molar-refractivity contribution in [1.29, 1.82) is 0 Å². The average Bonchev–Trinajstić information content (AvgIpc) is 2.26. The molecule has 82 valence electrons. The summed E-state index contributed by atoms with van der Waals surface area (Å²) in [6.45, 7) is 4.67. The zero-order valence-electron chi connectivity index (χ0n) is 9.50. The number of benzene rings is 1. The SMILES string of the molecule is CNC(C)CNC(=O)c1ccc(C)cc1. The maximum Gasteiger partial charge on any atom is 0.251 e. The monoisotopic (exact) mass is 206 g/mol. The van der Waals surface area contributed by atoms with Gasteiger partial charge in [0.15, 0.2) is 0 Å². The first-order valence-corrected chi connectivity index (χ1v) is 5.15. The summed E-state index contributed by atoms with van der Waals surface area (Å²) in [6.07, 6.45) is 0. The zero-order valence-corrected chi connectivity index (χ0v) is 9.50. The number of aryl methyl sites for hydroxylation is 1. The molecule has 3 heteroatoms. The Kier molecular flexibility index (Phi) is 4.31. The fourth-order valence-electron chi connectivity index (χ4n) is 1.15. The summed E-state index contributed by atoms with van der Waals surface area (Å²) in [7, 11) is 1.88. The van der Waals surface area contributed by atoms with E-state index >= 15 is 0 Å². The van der Waals surface area contributed by atoms with Gasteiger partial charge in [0.2, 0.25) is 0 Å². The van der Waals surface area contributed by atoms with Gasteiger partial charge in [0.25, 0.3) is 5.91 Å². The van der Waals surface area contributed by atoms with Gasteiger partial charge in [-0.15, -0.1) is 0 Å². The highest BCUT2D eigenvalue weighted by Gasteiger charge is 2.05. The van der Waals surface area contributed by atoms with Gasteiger partial charge in [-0.1, -0.05) is 17.7 Å². The Bertz CT molecular complexity index is 319. The van der Waals surface area contributed by atoms with E-state index in [0.717, 1.165) is 5.56 Å². The standard InChI is InChI=1S/C12H18N2O/c1-9-4-6-11(7-5-9)12(15)14-8-10(2)13-3/h4-7,10,13H,8H2,1-3H3,(H,14,15). The van der Waals surface area contributed by atoms with Crippen molar-refractivity contribution in [3.05, 3.63) is 35.4 Å². The number of amides is 1. The Morgan fingerprint density at radius 2 is 1.93 bits per heavy atom. The molecule has 0 saturated carbocycles. The lowest BCUT2D eigenvalue weighted by molar-refractivity contribution is 0.0950. The molecule has 1 aromatic rings. The second-order valence-electron chi connectivity index (χ2n) is 3.77. The summed E-state index contributed by atoms with van der Waals surface area (Å²) < 4.78 is 0. The van der Waals surface area contributed by atoms with Crippen LogP contribution in [0.25, 0.3) is 0 Å². The second-order valence-corrected chi connectivity index (χ2v) is 3.77. The van der Waals surface area contributed by atoms with Gasteiger partial charge in [0.1, 0.15) is 0 Å². The van der Waals surface area contributed by atoms with E-state index in [1.165, 1.54) is 0 Å². The fourth-order valence-corrected chi connectivity index (χ4v) is 1.15. The molecule has 0 aromatic heterocycles. The molecule has 1 amide bonds. The molecule has 1 rings (SSSR count). The third-order valence-electron chi connectivity index (χ3n) is 2.38. The predicted molar refractivity (Wildman–Crippen MR) is 62.0 cm³/mol. The number of rotatable bonds is 4. The molecule has 0 saturated heterocycles. The molecule has 0 aliphatic rings. The third-order valence-corrected chi connectivity index (χ3v) is 2.38. The number of carbonyl (C=O) groups is 1. The molecular weight excluding hydrogens is 188 g/mol. The van der Waals surface area contributed by atoms with Gasteiger partial charge in [0.05, 0.1) is 0 Å². The molecule has 1 atom stereocenters. The molecule has 2 N–H and O–H groups in total. The summed E-state index contributed by atoms with van der Waals surface area (Å²) in [5, 5.41) is 5.93. The largest absolute Gasteiger partial charge is 0.350 e. The molecule has 0 radical (unpaired) electrons. The lowest BCUT2D eigenvalue weighted by Gasteiger charge is -2.11. The molecule has 1 unspecified atom stereocenters. The van der Waals surface area contributed by atoms with Crippen LogP contribution in [0.15, 0.2) is 24.3 Å². The van der Waals surface area contributed by atoms with Gasteiger partial charge in [-0.25, -0.2) is 0 Å². The molecule has 0 spiro atoms. The maximum absolute atomic E-state index is 11.6. The van der Waals surface area contributed by atoms with Crippen LogP contribution in [0.3, 0.4) is 0 Å². The number of hydrogen-bond donors (Lipinski definition) is 2. The molecule has 0 aliphatic heterocycles. The minimum absolute atomic E-state index is 0.0166. The van der Waals surface area contributed by atoms with Crippen LogP contribution in [0.4, 0.5) is 0 Å². The topological polar surface area (TPSA) is 41.1 Å². The quantitative estimate of drug-likeness (QED) is 0.780. The van der Waals surface area contributed by atoms with E-state index in [0.29, 0.717) is 18.2 Å². The zero-order chi connectivity index (χ0) is 11.3. The second kappa shape index (κ2) is 5.51. The highest BCUT2D eigenvalue weighted by Crippen LogP contribution is 2.02. The number of hydrogen-bond acceptors (Lipinski definition) is 2. The minimum Gasteiger partial charge on any atom is -0.350 e. The van der Waals surface area contributed by atoms with E-state index in [1.807, 2.05) is 45.2 Å². The van der Waals surface area contributed by atoms with Crippen molar-refractivity contribution < 1.29 is 4.79 Å². The van der Waals surface area contributed by atoms with Crippen molar-refractivity contribution in [2.45, 2.75) is 19.9 Å². The highest BCUT2D eigenvalue weighted by molar-refractivity contribution is 5.94. The van der Waals surface area contributed by atoms with Crippen LogP contribution in [0, 0.1) is 6.92 Å². The molecular formula is C12H18N2O. The molecule has 0 fully saturated rings. The first kappa shape index (κ1) is 11.7. The highest BCUT2D eigenvalue weighted by atomic mass is 16.1. The van der Waals surface area contributed by atoms with E-state index in [-0.39, 0.29) is 5.91 Å². The molecule has 1 aromatic carbocycles. The Hall–Kier alpha value is -1.35. The molecule has 0 bridgehead atoms. The van der Waals surface area contributed by atoms with Crippen LogP contribution in [-0.4, -0.2) is 25.5 Å². The van der Waals surface area contributed by atoms with Gasteiger partial charge in [-0.05, 0) is 33.0 Å². The van der Waals surface area contributed by atoms with Crippen LogP contribution in [0.1, 0.15) is 22.8 Å². The Morgan fingerprint density at radius 3 is 2.47 bits per heavy atom. The average molecular weight is 206 g/mol. The molecule has 0 heterocycles. The van der Waals surface area contributed by atoms with Gasteiger partial charge >= 0.3 is 0 Å². The van der Waals surface area contributed by atoms with Crippen LogP contribution in [-0.2, 0) is 0 Å². The smallest absolute Gasteiger partial charge is 0.251 e. The number of carbonyl (C=O) groups excluding carboxylic acids is 1. The van der Waals surface area contributed by atoms with Gasteiger partial charge in [0, 0.05) is 18.2 Å². The van der Waals surface area contributed by atoms with Gasteiger partial charge < -0.3 is 10.6 Å². The fraction of sp³-hybridized carbons (Fsp3) is 0.417. The van der Waals surface area contributed by atoms with E-state index in [9.17, 15) is 4.79 Å². The normalized spacial score (nSPS) is 12.2. The lowest BCUT2D eigenvalue weighted by atomic mass is 10.1. The van der Waals surface area contributed by atoms with E-state index in [1.54, 1.807) is 0 Å². The summed E-state index contributed by atoms with van der Waals surface area (Å²) in [5.74, 6) is -0.0166. The summed E-state index contributed by atoms with van der Waals surface area (Å²) in [4.78, 5) is 11.6. The molecule has 15 heavy (non-hydrogen) atoms. The van der Waals surface area contributed by atoms with Crippen molar-refractivity contribution in [2.75, 3.05) is 13.6 Å². The number of nitrogens with one attached hydrogen (secondary N) is 2. The predicted octanol–water partition coefficient (Wildman–Crippen LogP) is 1.33. The van der Waals surface area contributed by atoms with Crippen LogP contribution in [0.2, 0.25) is 0 Å². The van der Waals surface area contributed by atoms with Gasteiger partial charge in [-0.3, -0.25) is 4.79 Å². The summed E-state index contributed by atoms with van der Waals surface area (Å²) in [5.41, 5.74) is 1.87. The van der Waals surface area contributed by atoms with E-state index in [4.69, 9.17) is 0 Å². The summed E-state index contributed by atoms with van der Waals surface area (Å²) in [6, 6.07) is 7.86. The Labute approximate surface area is 90.9 Å². The maximum atomic E-state index is 11.6. The van der Waals surface area contributed by atoms with Crippen LogP contribution < -0.4 is 10.6 Å². The van der Waals surface area contributed by atoms with Crippen LogP contribution in [0.5, 0.6) is 0 Å². The van der Waals surface area contributed by atoms with Crippen molar-refractivity contribution >= 4 is 5.91 Å². The first-order valence-electron chi connectivity index (χ1n) is 5.15. The number of likely N-dealkylation sites (N-methyl/N-ethyl adjacent to an activating group) is 1. The Morgan fingerprint density at radius 1 is 1.33 bits per heavy atom. The minimum atomic E-state index is -0.0166.